The predicted molar refractivity (Wildman–Crippen MR) is 115 cm³/mol. The third-order valence-electron chi connectivity index (χ3n) is 4.27. The normalized spacial score (nSPS) is 11.4. The van der Waals surface area contributed by atoms with Crippen LogP contribution in [0.25, 0.3) is 10.8 Å². The molecule has 30 heavy (non-hydrogen) atoms. The van der Waals surface area contributed by atoms with Crippen LogP contribution in [0, 0.1) is 6.92 Å². The Labute approximate surface area is 177 Å². The summed E-state index contributed by atoms with van der Waals surface area (Å²) in [6, 6.07) is 15.1. The maximum Gasteiger partial charge on any atom is 0.236 e. The molecule has 152 valence electrons. The fraction of sp³-hybridized carbons (Fsp3) is 0.136. The summed E-state index contributed by atoms with van der Waals surface area (Å²) < 4.78 is 11.4. The minimum Gasteiger partial charge on any atom is -0.489 e. The summed E-state index contributed by atoms with van der Waals surface area (Å²) in [5.74, 6) is 2.28. The number of aromatic nitrogens is 2. The zero-order valence-electron chi connectivity index (χ0n) is 16.3. The van der Waals surface area contributed by atoms with Crippen molar-refractivity contribution in [1.82, 2.24) is 9.97 Å². The third kappa shape index (κ3) is 4.84. The molecule has 0 spiro atoms. The first-order valence-electron chi connectivity index (χ1n) is 9.27. The summed E-state index contributed by atoms with van der Waals surface area (Å²) in [6.07, 6.45) is 3.51. The number of amidine groups is 1. The van der Waals surface area contributed by atoms with Crippen LogP contribution in [0.15, 0.2) is 75.9 Å². The number of nitrogens with two attached hydrogens (primary N) is 1. The van der Waals surface area contributed by atoms with E-state index in [0.717, 1.165) is 21.8 Å². The fourth-order valence-corrected chi connectivity index (χ4v) is 3.30. The van der Waals surface area contributed by atoms with E-state index in [1.54, 1.807) is 23.7 Å². The van der Waals surface area contributed by atoms with Gasteiger partial charge in [0, 0.05) is 23.5 Å². The van der Waals surface area contributed by atoms with E-state index in [1.165, 1.54) is 0 Å². The predicted octanol–water partition coefficient (Wildman–Crippen LogP) is 4.52. The molecule has 2 N–H and O–H groups in total. The fourth-order valence-electron chi connectivity index (χ4n) is 2.66. The van der Waals surface area contributed by atoms with E-state index < -0.39 is 0 Å². The van der Waals surface area contributed by atoms with E-state index in [4.69, 9.17) is 19.7 Å². The first-order valence-corrected chi connectivity index (χ1v) is 10.1. The monoisotopic (exact) mass is 420 g/mol. The van der Waals surface area contributed by atoms with Gasteiger partial charge >= 0.3 is 0 Å². The summed E-state index contributed by atoms with van der Waals surface area (Å²) >= 11 is 1.57. The van der Waals surface area contributed by atoms with Gasteiger partial charge in [0.15, 0.2) is 12.4 Å². The van der Waals surface area contributed by atoms with Crippen molar-refractivity contribution in [3.63, 3.8) is 0 Å². The first-order chi connectivity index (χ1) is 14.7. The van der Waals surface area contributed by atoms with E-state index in [9.17, 15) is 0 Å². The van der Waals surface area contributed by atoms with Crippen LogP contribution in [0.2, 0.25) is 0 Å². The average Bonchev–Trinajstić information content (AvgIpc) is 3.43. The van der Waals surface area contributed by atoms with E-state index in [2.05, 4.69) is 15.1 Å². The molecule has 0 aliphatic carbocycles. The second kappa shape index (κ2) is 9.23. The molecule has 4 rings (SSSR count). The molecule has 0 bridgehead atoms. The van der Waals surface area contributed by atoms with Crippen LogP contribution >= 0.6 is 11.3 Å². The lowest BCUT2D eigenvalue weighted by Crippen LogP contribution is -2.13. The Balaban J connectivity index is 1.32. The molecule has 3 heterocycles. The lowest BCUT2D eigenvalue weighted by molar-refractivity contribution is 0.127. The molecule has 0 saturated carbocycles. The molecule has 0 atom stereocenters. The maximum absolute atomic E-state index is 6.03. The first kappa shape index (κ1) is 19.7. The summed E-state index contributed by atoms with van der Waals surface area (Å²) in [5, 5.41) is 5.97. The molecule has 0 saturated heterocycles. The molecule has 1 aromatic carbocycles. The topological polar surface area (TPSA) is 95.8 Å². The highest BCUT2D eigenvalue weighted by atomic mass is 32.1. The Hall–Kier alpha value is -3.65. The van der Waals surface area contributed by atoms with Gasteiger partial charge in [0.1, 0.15) is 23.8 Å². The minimum atomic E-state index is 0.174. The molecular formula is C22H20N4O3S. The minimum absolute atomic E-state index is 0.174. The van der Waals surface area contributed by atoms with Crippen molar-refractivity contribution in [2.45, 2.75) is 20.1 Å². The number of aryl methyl sites for hydroxylation is 1. The summed E-state index contributed by atoms with van der Waals surface area (Å²) in [6.45, 7) is 2.47. The summed E-state index contributed by atoms with van der Waals surface area (Å²) in [5.41, 5.74) is 8.45. The summed E-state index contributed by atoms with van der Waals surface area (Å²) in [7, 11) is 0. The number of pyridine rings is 1. The van der Waals surface area contributed by atoms with Crippen molar-refractivity contribution in [3.05, 3.63) is 88.9 Å². The van der Waals surface area contributed by atoms with Crippen LogP contribution < -0.4 is 10.5 Å². The molecule has 4 aromatic rings. The smallest absolute Gasteiger partial charge is 0.236 e. The van der Waals surface area contributed by atoms with Gasteiger partial charge in [-0.2, -0.15) is 0 Å². The number of ether oxygens (including phenoxy) is 1. The van der Waals surface area contributed by atoms with Gasteiger partial charge in [-0.15, -0.1) is 11.3 Å². The van der Waals surface area contributed by atoms with Gasteiger partial charge in [-0.05, 0) is 48.7 Å². The SMILES string of the molecule is Cc1oc(-c2cccs2)nc1CO/N=C(/N)c1ccc(OCc2cccnc2)cc1. The number of benzene rings is 1. The van der Waals surface area contributed by atoms with Gasteiger partial charge < -0.3 is 19.7 Å². The van der Waals surface area contributed by atoms with E-state index in [0.29, 0.717) is 24.0 Å². The Morgan fingerprint density at radius 3 is 2.73 bits per heavy atom. The number of nitrogens with zero attached hydrogens (tertiary/aromatic N) is 3. The molecule has 8 heteroatoms. The van der Waals surface area contributed by atoms with Crippen molar-refractivity contribution in [2.24, 2.45) is 10.9 Å². The largest absolute Gasteiger partial charge is 0.489 e. The Morgan fingerprint density at radius 2 is 2.00 bits per heavy atom. The Bertz CT molecular complexity index is 1110. The van der Waals surface area contributed by atoms with Crippen molar-refractivity contribution >= 4 is 17.2 Å². The third-order valence-corrected chi connectivity index (χ3v) is 5.13. The van der Waals surface area contributed by atoms with Gasteiger partial charge in [-0.1, -0.05) is 17.3 Å². The molecule has 3 aromatic heterocycles. The maximum atomic E-state index is 6.03. The highest BCUT2D eigenvalue weighted by Crippen LogP contribution is 2.26. The molecule has 0 aliphatic heterocycles. The summed E-state index contributed by atoms with van der Waals surface area (Å²) in [4.78, 5) is 14.9. The van der Waals surface area contributed by atoms with E-state index in [-0.39, 0.29) is 12.4 Å². The molecule has 0 unspecified atom stereocenters. The number of hydrogen-bond acceptors (Lipinski definition) is 7. The molecule has 0 fully saturated rings. The van der Waals surface area contributed by atoms with Crippen LogP contribution in [0.1, 0.15) is 22.6 Å². The number of oxazole rings is 1. The van der Waals surface area contributed by atoms with Crippen LogP contribution in [-0.4, -0.2) is 15.8 Å². The van der Waals surface area contributed by atoms with Gasteiger partial charge in [-0.25, -0.2) is 4.98 Å². The van der Waals surface area contributed by atoms with Gasteiger partial charge in [0.2, 0.25) is 5.89 Å². The van der Waals surface area contributed by atoms with Crippen LogP contribution in [-0.2, 0) is 18.1 Å². The number of thiophene rings is 1. The van der Waals surface area contributed by atoms with Crippen molar-refractivity contribution < 1.29 is 14.0 Å². The standard InChI is InChI=1S/C22H20N4O3S/c1-15-19(25-22(29-15)20-5-3-11-30-20)14-28-26-21(23)17-6-8-18(9-7-17)27-13-16-4-2-10-24-12-16/h2-12H,13-14H2,1H3,(H2,23,26). The molecule has 0 aliphatic rings. The van der Waals surface area contributed by atoms with Crippen LogP contribution in [0.3, 0.4) is 0 Å². The number of rotatable bonds is 8. The Morgan fingerprint density at radius 1 is 1.13 bits per heavy atom. The molecule has 0 amide bonds. The van der Waals surface area contributed by atoms with Crippen molar-refractivity contribution in [3.8, 4) is 16.5 Å². The van der Waals surface area contributed by atoms with Crippen molar-refractivity contribution in [1.29, 1.82) is 0 Å². The molecular weight excluding hydrogens is 400 g/mol. The quantitative estimate of drug-likeness (QED) is 0.256. The lowest BCUT2D eigenvalue weighted by atomic mass is 10.2. The average molecular weight is 420 g/mol. The van der Waals surface area contributed by atoms with Gasteiger partial charge in [-0.3, -0.25) is 4.98 Å². The van der Waals surface area contributed by atoms with Crippen LogP contribution in [0.4, 0.5) is 0 Å². The zero-order chi connectivity index (χ0) is 20.8. The second-order valence-electron chi connectivity index (χ2n) is 6.42. The zero-order valence-corrected chi connectivity index (χ0v) is 17.1. The van der Waals surface area contributed by atoms with E-state index >= 15 is 0 Å². The van der Waals surface area contributed by atoms with Gasteiger partial charge in [0.05, 0.1) is 4.88 Å². The lowest BCUT2D eigenvalue weighted by Gasteiger charge is -2.07. The van der Waals surface area contributed by atoms with Gasteiger partial charge in [0.25, 0.3) is 0 Å². The molecule has 7 nitrogen and oxygen atoms in total. The molecule has 0 radical (unpaired) electrons. The highest BCUT2D eigenvalue weighted by molar-refractivity contribution is 7.13. The number of oxime groups is 1. The highest BCUT2D eigenvalue weighted by Gasteiger charge is 2.12. The van der Waals surface area contributed by atoms with Crippen LogP contribution in [0.5, 0.6) is 5.75 Å². The van der Waals surface area contributed by atoms with E-state index in [1.807, 2.05) is 60.8 Å². The van der Waals surface area contributed by atoms with Crippen molar-refractivity contribution in [2.75, 3.05) is 0 Å². The second-order valence-corrected chi connectivity index (χ2v) is 7.37. The number of hydrogen-bond donors (Lipinski definition) is 1. The Kier molecular flexibility index (Phi) is 6.05.